The van der Waals surface area contributed by atoms with E-state index >= 15 is 0 Å². The molecule has 2 aromatic rings. The van der Waals surface area contributed by atoms with Crippen molar-refractivity contribution < 1.29 is 34.1 Å². The molecule has 30 heavy (non-hydrogen) atoms. The highest BCUT2D eigenvalue weighted by atomic mass is 32.2. The lowest BCUT2D eigenvalue weighted by molar-refractivity contribution is -0.113. The summed E-state index contributed by atoms with van der Waals surface area (Å²) in [4.78, 5) is 37.1. The number of hydrogen-bond acceptors (Lipinski definition) is 7. The first-order valence-electron chi connectivity index (χ1n) is 8.36. The Balaban J connectivity index is 2.05. The first kappa shape index (κ1) is 21.3. The van der Waals surface area contributed by atoms with Crippen LogP contribution >= 0.6 is 24.0 Å². The average molecular weight is 445 g/mol. The number of anilines is 1. The smallest absolute Gasteiger partial charge is 0.335 e. The summed E-state index contributed by atoms with van der Waals surface area (Å²) in [6, 6.07) is 8.53. The lowest BCUT2D eigenvalue weighted by Crippen LogP contribution is -2.28. The van der Waals surface area contributed by atoms with Crippen LogP contribution in [-0.2, 0) is 4.79 Å². The highest BCUT2D eigenvalue weighted by Crippen LogP contribution is 2.38. The number of benzene rings is 2. The molecule has 0 unspecified atom stereocenters. The number of methoxy groups -OCH3 is 2. The maximum Gasteiger partial charge on any atom is 0.335 e. The van der Waals surface area contributed by atoms with E-state index in [-0.39, 0.29) is 26.0 Å². The second kappa shape index (κ2) is 8.56. The number of amides is 1. The van der Waals surface area contributed by atoms with Crippen LogP contribution in [0.4, 0.5) is 5.69 Å². The number of carbonyl (C=O) groups is 3. The minimum absolute atomic E-state index is 0.0656. The zero-order valence-corrected chi connectivity index (χ0v) is 17.4. The number of nitrogens with zero attached hydrogens (tertiary/aromatic N) is 1. The van der Waals surface area contributed by atoms with Crippen LogP contribution in [0.25, 0.3) is 6.08 Å². The number of carboxylic acids is 2. The molecule has 10 heteroatoms. The van der Waals surface area contributed by atoms with Crippen LogP contribution in [-0.4, -0.2) is 46.6 Å². The van der Waals surface area contributed by atoms with E-state index in [1.807, 2.05) is 0 Å². The molecule has 0 spiro atoms. The van der Waals surface area contributed by atoms with Crippen LogP contribution in [0.5, 0.6) is 11.5 Å². The molecule has 1 aliphatic rings. The zero-order valence-electron chi connectivity index (χ0n) is 15.7. The number of aromatic carboxylic acids is 2. The van der Waals surface area contributed by atoms with E-state index in [1.54, 1.807) is 24.3 Å². The molecule has 0 bridgehead atoms. The molecule has 0 aromatic heterocycles. The number of carboxylic acid groups (broad SMARTS) is 2. The van der Waals surface area contributed by atoms with Gasteiger partial charge in [-0.15, -0.1) is 0 Å². The van der Waals surface area contributed by atoms with Crippen molar-refractivity contribution in [2.24, 2.45) is 0 Å². The summed E-state index contributed by atoms with van der Waals surface area (Å²) in [6.07, 6.45) is 1.58. The molecule has 1 saturated heterocycles. The van der Waals surface area contributed by atoms with Crippen molar-refractivity contribution in [3.8, 4) is 11.5 Å². The summed E-state index contributed by atoms with van der Waals surface area (Å²) in [6.45, 7) is 0. The van der Waals surface area contributed by atoms with Gasteiger partial charge in [-0.05, 0) is 42.5 Å². The van der Waals surface area contributed by atoms with Crippen LogP contribution in [0.3, 0.4) is 0 Å². The van der Waals surface area contributed by atoms with E-state index in [2.05, 4.69) is 0 Å². The standard InChI is InChI=1S/C20H15NO7S2/c1-27-14-3-4-15(28-2)10(8-14)9-16-17(22)21(20(29)30-16)13-6-11(18(23)24)5-12(7-13)19(25)26/h3-9H,1-2H3,(H,23,24)(H,25,26). The van der Waals surface area contributed by atoms with Gasteiger partial charge >= 0.3 is 11.9 Å². The summed E-state index contributed by atoms with van der Waals surface area (Å²) in [5, 5.41) is 18.5. The van der Waals surface area contributed by atoms with E-state index < -0.39 is 17.8 Å². The molecule has 0 saturated carbocycles. The maximum absolute atomic E-state index is 13.0. The summed E-state index contributed by atoms with van der Waals surface area (Å²) < 4.78 is 10.7. The normalized spacial score (nSPS) is 14.9. The van der Waals surface area contributed by atoms with Crippen LogP contribution in [0.15, 0.2) is 41.3 Å². The Kier molecular flexibility index (Phi) is 6.09. The van der Waals surface area contributed by atoms with Gasteiger partial charge in [0.25, 0.3) is 5.91 Å². The molecule has 0 atom stereocenters. The molecule has 3 rings (SSSR count). The van der Waals surface area contributed by atoms with Crippen molar-refractivity contribution >= 4 is 57.9 Å². The topological polar surface area (TPSA) is 113 Å². The van der Waals surface area contributed by atoms with Crippen LogP contribution < -0.4 is 14.4 Å². The Bertz CT molecular complexity index is 1080. The molecule has 1 fully saturated rings. The van der Waals surface area contributed by atoms with E-state index in [0.717, 1.165) is 22.7 Å². The Morgan fingerprint density at radius 3 is 2.20 bits per heavy atom. The minimum atomic E-state index is -1.32. The summed E-state index contributed by atoms with van der Waals surface area (Å²) >= 11 is 6.31. The molecule has 1 amide bonds. The summed E-state index contributed by atoms with van der Waals surface area (Å²) in [5.74, 6) is -2.06. The molecule has 154 valence electrons. The lowest BCUT2D eigenvalue weighted by Gasteiger charge is -2.16. The van der Waals surface area contributed by atoms with Gasteiger partial charge < -0.3 is 19.7 Å². The third kappa shape index (κ3) is 4.14. The SMILES string of the molecule is COc1ccc(OC)c(C=C2SC(=S)N(c3cc(C(=O)O)cc(C(=O)O)c3)C2=O)c1. The lowest BCUT2D eigenvalue weighted by atomic mass is 10.1. The van der Waals surface area contributed by atoms with Crippen LogP contribution in [0.2, 0.25) is 0 Å². The molecule has 2 N–H and O–H groups in total. The van der Waals surface area contributed by atoms with Gasteiger partial charge in [-0.25, -0.2) is 9.59 Å². The third-order valence-electron chi connectivity index (χ3n) is 4.19. The van der Waals surface area contributed by atoms with Crippen LogP contribution in [0.1, 0.15) is 26.3 Å². The van der Waals surface area contributed by atoms with Gasteiger partial charge in [-0.3, -0.25) is 9.69 Å². The fourth-order valence-electron chi connectivity index (χ4n) is 2.77. The molecular formula is C20H15NO7S2. The van der Waals surface area contributed by atoms with Crippen LogP contribution in [0, 0.1) is 0 Å². The van der Waals surface area contributed by atoms with Crippen molar-refractivity contribution in [1.82, 2.24) is 0 Å². The molecular weight excluding hydrogens is 430 g/mol. The number of carbonyl (C=O) groups excluding carboxylic acids is 1. The van der Waals surface area contributed by atoms with E-state index in [9.17, 15) is 24.6 Å². The van der Waals surface area contributed by atoms with Crippen molar-refractivity contribution in [2.75, 3.05) is 19.1 Å². The number of thioether (sulfide) groups is 1. The zero-order chi connectivity index (χ0) is 22.0. The summed E-state index contributed by atoms with van der Waals surface area (Å²) in [7, 11) is 3.01. The highest BCUT2D eigenvalue weighted by molar-refractivity contribution is 8.27. The Morgan fingerprint density at radius 2 is 1.67 bits per heavy atom. The minimum Gasteiger partial charge on any atom is -0.497 e. The van der Waals surface area contributed by atoms with Gasteiger partial charge in [0.15, 0.2) is 4.32 Å². The van der Waals surface area contributed by atoms with Gasteiger partial charge in [-0.1, -0.05) is 24.0 Å². The molecule has 1 heterocycles. The van der Waals surface area contributed by atoms with E-state index in [4.69, 9.17) is 21.7 Å². The number of thiocarbonyl (C=S) groups is 1. The second-order valence-electron chi connectivity index (χ2n) is 6.00. The number of ether oxygens (including phenoxy) is 2. The van der Waals surface area contributed by atoms with Crippen molar-refractivity contribution in [1.29, 1.82) is 0 Å². The fourth-order valence-corrected chi connectivity index (χ4v) is 4.06. The largest absolute Gasteiger partial charge is 0.497 e. The fraction of sp³-hybridized carbons (Fsp3) is 0.100. The third-order valence-corrected chi connectivity index (χ3v) is 5.49. The van der Waals surface area contributed by atoms with E-state index in [0.29, 0.717) is 17.1 Å². The summed E-state index contributed by atoms with van der Waals surface area (Å²) in [5.41, 5.74) is 0.119. The second-order valence-corrected chi connectivity index (χ2v) is 7.68. The van der Waals surface area contributed by atoms with Crippen molar-refractivity contribution in [2.45, 2.75) is 0 Å². The van der Waals surface area contributed by atoms with Gasteiger partial charge in [0.2, 0.25) is 0 Å². The Hall–Kier alpha value is -3.37. The quantitative estimate of drug-likeness (QED) is 0.509. The monoisotopic (exact) mass is 445 g/mol. The maximum atomic E-state index is 13.0. The van der Waals surface area contributed by atoms with Gasteiger partial charge in [-0.2, -0.15) is 0 Å². The number of rotatable bonds is 6. The van der Waals surface area contributed by atoms with E-state index in [1.165, 1.54) is 26.4 Å². The van der Waals surface area contributed by atoms with Gasteiger partial charge in [0.1, 0.15) is 11.5 Å². The predicted molar refractivity (Wildman–Crippen MR) is 116 cm³/mol. The molecule has 0 radical (unpaired) electrons. The van der Waals surface area contributed by atoms with Crippen molar-refractivity contribution in [3.05, 3.63) is 58.0 Å². The Labute approximate surface area is 180 Å². The molecule has 8 nitrogen and oxygen atoms in total. The predicted octanol–water partition coefficient (Wildman–Crippen LogP) is 3.51. The van der Waals surface area contributed by atoms with Gasteiger partial charge in [0, 0.05) is 5.56 Å². The molecule has 0 aliphatic carbocycles. The molecule has 1 aliphatic heterocycles. The highest BCUT2D eigenvalue weighted by Gasteiger charge is 2.34. The Morgan fingerprint density at radius 1 is 1.03 bits per heavy atom. The first-order chi connectivity index (χ1) is 14.2. The first-order valence-corrected chi connectivity index (χ1v) is 9.59. The molecule has 2 aromatic carbocycles. The number of hydrogen-bond donors (Lipinski definition) is 2. The average Bonchev–Trinajstić information content (AvgIpc) is 3.00. The van der Waals surface area contributed by atoms with Gasteiger partial charge in [0.05, 0.1) is 35.9 Å². The van der Waals surface area contributed by atoms with Crippen molar-refractivity contribution in [3.63, 3.8) is 0 Å².